The highest BCUT2D eigenvalue weighted by Crippen LogP contribution is 2.10. The van der Waals surface area contributed by atoms with Crippen LogP contribution in [0.25, 0.3) is 0 Å². The van der Waals surface area contributed by atoms with Gasteiger partial charge in [-0.15, -0.1) is 0 Å². The Labute approximate surface area is 107 Å². The van der Waals surface area contributed by atoms with Gasteiger partial charge in [0.2, 0.25) is 11.8 Å². The van der Waals surface area contributed by atoms with Crippen LogP contribution in [0.4, 0.5) is 0 Å². The molecular formula is C12H20N2O4. The smallest absolute Gasteiger partial charge is 0.306 e. The Bertz CT molecular complexity index is 322. The van der Waals surface area contributed by atoms with Crippen molar-refractivity contribution in [3.8, 4) is 0 Å². The molecule has 1 rings (SSSR count). The minimum Gasteiger partial charge on any atom is -0.469 e. The average Bonchev–Trinajstić information content (AvgIpc) is 2.36. The van der Waals surface area contributed by atoms with E-state index in [0.29, 0.717) is 13.1 Å². The molecule has 1 N–H and O–H groups in total. The van der Waals surface area contributed by atoms with Crippen LogP contribution >= 0.6 is 0 Å². The molecule has 0 saturated carbocycles. The van der Waals surface area contributed by atoms with E-state index in [9.17, 15) is 14.4 Å². The van der Waals surface area contributed by atoms with E-state index in [1.165, 1.54) is 7.11 Å². The molecule has 0 radical (unpaired) electrons. The highest BCUT2D eigenvalue weighted by molar-refractivity contribution is 5.81. The summed E-state index contributed by atoms with van der Waals surface area (Å²) in [7, 11) is 1.30. The number of nitrogens with one attached hydrogen (secondary N) is 1. The molecule has 0 unspecified atom stereocenters. The van der Waals surface area contributed by atoms with Crippen LogP contribution in [0, 0.1) is 0 Å². The van der Waals surface area contributed by atoms with E-state index >= 15 is 0 Å². The van der Waals surface area contributed by atoms with Gasteiger partial charge in [-0.2, -0.15) is 0 Å². The van der Waals surface area contributed by atoms with Crippen LogP contribution in [0.15, 0.2) is 0 Å². The van der Waals surface area contributed by atoms with Crippen molar-refractivity contribution >= 4 is 17.8 Å². The summed E-state index contributed by atoms with van der Waals surface area (Å²) in [5.74, 6) is -0.441. The average molecular weight is 256 g/mol. The Morgan fingerprint density at radius 3 is 2.33 bits per heavy atom. The minimum absolute atomic E-state index is 0.0745. The lowest BCUT2D eigenvalue weighted by Gasteiger charge is -2.31. The van der Waals surface area contributed by atoms with Gasteiger partial charge >= 0.3 is 5.97 Å². The number of nitrogens with zero attached hydrogens (tertiary/aromatic N) is 1. The molecule has 0 atom stereocenters. The molecule has 1 aliphatic heterocycles. The third kappa shape index (κ3) is 4.73. The van der Waals surface area contributed by atoms with Crippen LogP contribution in [0.2, 0.25) is 0 Å². The molecule has 1 saturated heterocycles. The second-order valence-corrected chi connectivity index (χ2v) is 4.42. The zero-order valence-corrected chi connectivity index (χ0v) is 10.9. The van der Waals surface area contributed by atoms with Gasteiger partial charge in [0.05, 0.1) is 13.5 Å². The van der Waals surface area contributed by atoms with Crippen molar-refractivity contribution in [3.05, 3.63) is 0 Å². The fourth-order valence-electron chi connectivity index (χ4n) is 1.96. The van der Waals surface area contributed by atoms with E-state index in [1.54, 1.807) is 11.8 Å². The summed E-state index contributed by atoms with van der Waals surface area (Å²) in [6.45, 7) is 2.91. The molecule has 1 fully saturated rings. The monoisotopic (exact) mass is 256 g/mol. The van der Waals surface area contributed by atoms with Crippen LogP contribution in [-0.2, 0) is 19.1 Å². The summed E-state index contributed by atoms with van der Waals surface area (Å²) >= 11 is 0. The first-order valence-electron chi connectivity index (χ1n) is 6.14. The standard InChI is InChI=1S/C12H20N2O4/c1-9(15)14-7-5-10(6-8-14)13-11(16)3-4-12(17)18-2/h10H,3-8H2,1-2H3,(H,13,16). The van der Waals surface area contributed by atoms with Gasteiger partial charge in [0.15, 0.2) is 0 Å². The summed E-state index contributed by atoms with van der Waals surface area (Å²) < 4.78 is 4.47. The summed E-state index contributed by atoms with van der Waals surface area (Å²) in [4.78, 5) is 35.3. The maximum Gasteiger partial charge on any atom is 0.306 e. The first-order valence-corrected chi connectivity index (χ1v) is 6.14. The van der Waals surface area contributed by atoms with Gasteiger partial charge in [-0.05, 0) is 12.8 Å². The zero-order valence-electron chi connectivity index (χ0n) is 10.9. The van der Waals surface area contributed by atoms with Crippen LogP contribution in [0.1, 0.15) is 32.6 Å². The summed E-state index contributed by atoms with van der Waals surface area (Å²) in [5.41, 5.74) is 0. The van der Waals surface area contributed by atoms with Gasteiger partial charge in [-0.3, -0.25) is 14.4 Å². The second-order valence-electron chi connectivity index (χ2n) is 4.42. The largest absolute Gasteiger partial charge is 0.469 e. The van der Waals surface area contributed by atoms with Crippen molar-refractivity contribution < 1.29 is 19.1 Å². The first-order chi connectivity index (χ1) is 8.52. The Morgan fingerprint density at radius 2 is 1.83 bits per heavy atom. The Balaban J connectivity index is 2.22. The van der Waals surface area contributed by atoms with E-state index in [2.05, 4.69) is 10.1 Å². The number of ether oxygens (including phenoxy) is 1. The molecule has 0 bridgehead atoms. The predicted octanol–water partition coefficient (Wildman–Crippen LogP) is 0.0667. The molecule has 0 aromatic carbocycles. The van der Waals surface area contributed by atoms with Gasteiger partial charge in [-0.25, -0.2) is 0 Å². The molecule has 18 heavy (non-hydrogen) atoms. The second kappa shape index (κ2) is 6.98. The third-order valence-electron chi connectivity index (χ3n) is 3.09. The third-order valence-corrected chi connectivity index (χ3v) is 3.09. The fraction of sp³-hybridized carbons (Fsp3) is 0.750. The maximum absolute atomic E-state index is 11.5. The number of rotatable bonds is 4. The lowest BCUT2D eigenvalue weighted by molar-refractivity contribution is -0.142. The van der Waals surface area contributed by atoms with Crippen LogP contribution in [-0.4, -0.2) is 48.9 Å². The highest BCUT2D eigenvalue weighted by Gasteiger charge is 2.21. The van der Waals surface area contributed by atoms with Gasteiger partial charge in [0.25, 0.3) is 0 Å². The molecule has 6 nitrogen and oxygen atoms in total. The van der Waals surface area contributed by atoms with Crippen LogP contribution in [0.5, 0.6) is 0 Å². The molecular weight excluding hydrogens is 236 g/mol. The topological polar surface area (TPSA) is 75.7 Å². The van der Waals surface area contributed by atoms with Crippen molar-refractivity contribution in [1.29, 1.82) is 0 Å². The zero-order chi connectivity index (χ0) is 13.5. The molecule has 0 aliphatic carbocycles. The quantitative estimate of drug-likeness (QED) is 0.722. The lowest BCUT2D eigenvalue weighted by atomic mass is 10.0. The van der Waals surface area contributed by atoms with Gasteiger partial charge in [0.1, 0.15) is 0 Å². The molecule has 0 spiro atoms. The normalized spacial score (nSPS) is 16.2. The molecule has 2 amide bonds. The fourth-order valence-corrected chi connectivity index (χ4v) is 1.96. The molecule has 1 heterocycles. The summed E-state index contributed by atoms with van der Waals surface area (Å²) in [5, 5.41) is 2.87. The number of carbonyl (C=O) groups excluding carboxylic acids is 3. The number of hydrogen-bond acceptors (Lipinski definition) is 4. The number of carbonyl (C=O) groups is 3. The molecule has 6 heteroatoms. The van der Waals surface area contributed by atoms with Crippen LogP contribution < -0.4 is 5.32 Å². The number of hydrogen-bond donors (Lipinski definition) is 1. The van der Waals surface area contributed by atoms with Gasteiger partial charge in [-0.1, -0.05) is 0 Å². The van der Waals surface area contributed by atoms with E-state index in [-0.39, 0.29) is 36.7 Å². The Hall–Kier alpha value is -1.59. The van der Waals surface area contributed by atoms with E-state index in [4.69, 9.17) is 0 Å². The SMILES string of the molecule is COC(=O)CCC(=O)NC1CCN(C(C)=O)CC1. The summed E-state index contributed by atoms with van der Waals surface area (Å²) in [6, 6.07) is 0.103. The maximum atomic E-state index is 11.5. The number of likely N-dealkylation sites (tertiary alicyclic amines) is 1. The van der Waals surface area contributed by atoms with Gasteiger partial charge in [0, 0.05) is 32.5 Å². The molecule has 102 valence electrons. The van der Waals surface area contributed by atoms with E-state index < -0.39 is 0 Å². The Morgan fingerprint density at radius 1 is 1.22 bits per heavy atom. The van der Waals surface area contributed by atoms with Crippen molar-refractivity contribution in [2.45, 2.75) is 38.6 Å². The van der Waals surface area contributed by atoms with Crippen molar-refractivity contribution in [2.24, 2.45) is 0 Å². The van der Waals surface area contributed by atoms with Crippen LogP contribution in [0.3, 0.4) is 0 Å². The minimum atomic E-state index is -0.378. The van der Waals surface area contributed by atoms with Crippen molar-refractivity contribution in [1.82, 2.24) is 10.2 Å². The number of amides is 2. The Kier molecular flexibility index (Phi) is 5.61. The highest BCUT2D eigenvalue weighted by atomic mass is 16.5. The first kappa shape index (κ1) is 14.5. The number of methoxy groups -OCH3 is 1. The number of piperidine rings is 1. The summed E-state index contributed by atoms with van der Waals surface area (Å²) in [6.07, 6.45) is 1.79. The van der Waals surface area contributed by atoms with Crippen molar-refractivity contribution in [2.75, 3.05) is 20.2 Å². The van der Waals surface area contributed by atoms with E-state index in [1.807, 2.05) is 0 Å². The molecule has 0 aromatic heterocycles. The predicted molar refractivity (Wildman–Crippen MR) is 64.7 cm³/mol. The van der Waals surface area contributed by atoms with Gasteiger partial charge < -0.3 is 15.0 Å². The lowest BCUT2D eigenvalue weighted by Crippen LogP contribution is -2.46. The van der Waals surface area contributed by atoms with E-state index in [0.717, 1.165) is 12.8 Å². The molecule has 0 aromatic rings. The molecule has 1 aliphatic rings. The number of esters is 1. The van der Waals surface area contributed by atoms with Crippen molar-refractivity contribution in [3.63, 3.8) is 0 Å².